The summed E-state index contributed by atoms with van der Waals surface area (Å²) in [6, 6.07) is 0. The lowest BCUT2D eigenvalue weighted by atomic mass is 10.3. The van der Waals surface area contributed by atoms with E-state index in [1.807, 2.05) is 6.08 Å². The van der Waals surface area contributed by atoms with Gasteiger partial charge in [0.1, 0.15) is 6.29 Å². The zero-order valence-corrected chi connectivity index (χ0v) is 5.00. The predicted octanol–water partition coefficient (Wildman–Crippen LogP) is 1.40. The molecule has 44 valence electrons. The molecule has 2 atom stereocenters. The van der Waals surface area contributed by atoms with Crippen LogP contribution < -0.4 is 0 Å². The van der Waals surface area contributed by atoms with Gasteiger partial charge in [0.05, 0.1) is 0 Å². The van der Waals surface area contributed by atoms with Gasteiger partial charge in [-0.05, 0) is 24.3 Å². The highest BCUT2D eigenvalue weighted by Crippen LogP contribution is 2.38. The molecule has 0 amide bonds. The van der Waals surface area contributed by atoms with Crippen molar-refractivity contribution in [2.45, 2.75) is 13.3 Å². The van der Waals surface area contributed by atoms with Crippen molar-refractivity contribution in [2.75, 3.05) is 0 Å². The third-order valence-electron chi connectivity index (χ3n) is 1.61. The minimum absolute atomic E-state index is 0.709. The van der Waals surface area contributed by atoms with Crippen molar-refractivity contribution in [1.82, 2.24) is 0 Å². The Bertz CT molecular complexity index is 116. The summed E-state index contributed by atoms with van der Waals surface area (Å²) in [5.74, 6) is 1.53. The molecule has 0 bridgehead atoms. The van der Waals surface area contributed by atoms with Crippen molar-refractivity contribution in [3.05, 3.63) is 12.2 Å². The van der Waals surface area contributed by atoms with Crippen LogP contribution in [0.15, 0.2) is 12.2 Å². The van der Waals surface area contributed by atoms with Gasteiger partial charge in [-0.2, -0.15) is 0 Å². The maximum absolute atomic E-state index is 9.76. The number of hydrogen-bond acceptors (Lipinski definition) is 1. The molecule has 1 aliphatic carbocycles. The van der Waals surface area contributed by atoms with Crippen molar-refractivity contribution >= 4 is 6.29 Å². The predicted molar refractivity (Wildman–Crippen MR) is 32.5 cm³/mol. The summed E-state index contributed by atoms with van der Waals surface area (Å²) in [7, 11) is 0. The van der Waals surface area contributed by atoms with Crippen LogP contribution in [-0.4, -0.2) is 6.29 Å². The molecule has 0 spiro atoms. The molecule has 1 saturated carbocycles. The Hall–Kier alpha value is -0.590. The smallest absolute Gasteiger partial charge is 0.142 e. The van der Waals surface area contributed by atoms with E-state index in [0.29, 0.717) is 5.92 Å². The monoisotopic (exact) mass is 110 g/mol. The Kier molecular flexibility index (Phi) is 1.47. The van der Waals surface area contributed by atoms with Crippen molar-refractivity contribution < 1.29 is 4.79 Å². The van der Waals surface area contributed by atoms with Gasteiger partial charge in [-0.1, -0.05) is 13.0 Å². The molecule has 0 aromatic heterocycles. The fourth-order valence-electron chi connectivity index (χ4n) is 0.807. The maximum atomic E-state index is 9.76. The minimum atomic E-state index is 0.709. The van der Waals surface area contributed by atoms with E-state index in [1.165, 1.54) is 6.42 Å². The zero-order valence-electron chi connectivity index (χ0n) is 5.00. The maximum Gasteiger partial charge on any atom is 0.142 e. The molecule has 0 saturated heterocycles. The van der Waals surface area contributed by atoms with E-state index < -0.39 is 0 Å². The molecule has 0 aliphatic heterocycles. The van der Waals surface area contributed by atoms with Gasteiger partial charge >= 0.3 is 0 Å². The van der Waals surface area contributed by atoms with Crippen molar-refractivity contribution in [1.29, 1.82) is 0 Å². The second-order valence-corrected chi connectivity index (χ2v) is 2.40. The van der Waals surface area contributed by atoms with Gasteiger partial charge in [0, 0.05) is 0 Å². The normalized spacial score (nSPS) is 35.6. The summed E-state index contributed by atoms with van der Waals surface area (Å²) in [6.07, 6.45) is 5.68. The van der Waals surface area contributed by atoms with Gasteiger partial charge in [-0.3, -0.25) is 4.79 Å². The minimum Gasteiger partial charge on any atom is -0.299 e. The molecule has 0 N–H and O–H groups in total. The summed E-state index contributed by atoms with van der Waals surface area (Å²) in [4.78, 5) is 9.76. The van der Waals surface area contributed by atoms with Gasteiger partial charge in [-0.15, -0.1) is 0 Å². The molecule has 1 fully saturated rings. The summed E-state index contributed by atoms with van der Waals surface area (Å²) in [6.45, 7) is 2.19. The molecular weight excluding hydrogens is 100 g/mol. The molecular formula is C7H10O. The lowest BCUT2D eigenvalue weighted by Gasteiger charge is -1.75. The van der Waals surface area contributed by atoms with E-state index in [-0.39, 0.29) is 0 Å². The Morgan fingerprint density at radius 3 is 2.62 bits per heavy atom. The summed E-state index contributed by atoms with van der Waals surface area (Å²) >= 11 is 0. The van der Waals surface area contributed by atoms with Gasteiger partial charge in [-0.25, -0.2) is 0 Å². The number of carbonyl (C=O) groups excluding carboxylic acids is 1. The molecule has 1 rings (SSSR count). The number of aldehydes is 1. The third kappa shape index (κ3) is 1.19. The van der Waals surface area contributed by atoms with E-state index in [2.05, 4.69) is 6.92 Å². The average molecular weight is 110 g/mol. The lowest BCUT2D eigenvalue weighted by Crippen LogP contribution is -1.68. The van der Waals surface area contributed by atoms with Gasteiger partial charge < -0.3 is 0 Å². The first-order valence-corrected chi connectivity index (χ1v) is 2.96. The van der Waals surface area contributed by atoms with Crippen LogP contribution in [0.1, 0.15) is 13.3 Å². The van der Waals surface area contributed by atoms with Crippen LogP contribution in [0.4, 0.5) is 0 Å². The van der Waals surface area contributed by atoms with E-state index in [9.17, 15) is 4.79 Å². The Morgan fingerprint density at radius 1 is 1.62 bits per heavy atom. The fraction of sp³-hybridized carbons (Fsp3) is 0.571. The van der Waals surface area contributed by atoms with E-state index in [0.717, 1.165) is 12.2 Å². The number of allylic oxidation sites excluding steroid dienone is 2. The second-order valence-electron chi connectivity index (χ2n) is 2.40. The highest BCUT2D eigenvalue weighted by atomic mass is 16.1. The zero-order chi connectivity index (χ0) is 5.98. The molecule has 1 heteroatoms. The highest BCUT2D eigenvalue weighted by molar-refractivity contribution is 5.64. The standard InChI is InChI=1S/C7H10O/c1-6-5-7(6)3-2-4-8/h2-4,6-7H,5H2,1H3/b3-2+/t6-,7-/m1/s1. The molecule has 1 aliphatic rings. The van der Waals surface area contributed by atoms with E-state index >= 15 is 0 Å². The lowest BCUT2D eigenvalue weighted by molar-refractivity contribution is -0.104. The Labute approximate surface area is 49.4 Å². The van der Waals surface area contributed by atoms with Gasteiger partial charge in [0.2, 0.25) is 0 Å². The van der Waals surface area contributed by atoms with Crippen molar-refractivity contribution in [3.63, 3.8) is 0 Å². The second kappa shape index (κ2) is 2.12. The van der Waals surface area contributed by atoms with E-state index in [1.54, 1.807) is 6.08 Å². The summed E-state index contributed by atoms with van der Waals surface area (Å²) in [5.41, 5.74) is 0. The first-order chi connectivity index (χ1) is 3.84. The molecule has 1 nitrogen and oxygen atoms in total. The van der Waals surface area contributed by atoms with Crippen LogP contribution in [0.25, 0.3) is 0 Å². The SMILES string of the molecule is C[C@@H]1C[C@H]1/C=C/C=O. The topological polar surface area (TPSA) is 17.1 Å². The third-order valence-corrected chi connectivity index (χ3v) is 1.61. The average Bonchev–Trinajstić information content (AvgIpc) is 2.42. The summed E-state index contributed by atoms with van der Waals surface area (Å²) < 4.78 is 0. The molecule has 0 unspecified atom stereocenters. The first kappa shape index (κ1) is 5.54. The van der Waals surface area contributed by atoms with Crippen LogP contribution in [-0.2, 0) is 4.79 Å². The Morgan fingerprint density at radius 2 is 2.25 bits per heavy atom. The van der Waals surface area contributed by atoms with Crippen LogP contribution in [0.2, 0.25) is 0 Å². The molecule has 0 aromatic rings. The number of hydrogen-bond donors (Lipinski definition) is 0. The van der Waals surface area contributed by atoms with Crippen LogP contribution in [0, 0.1) is 11.8 Å². The van der Waals surface area contributed by atoms with E-state index in [4.69, 9.17) is 0 Å². The first-order valence-electron chi connectivity index (χ1n) is 2.96. The summed E-state index contributed by atoms with van der Waals surface area (Å²) in [5, 5.41) is 0. The largest absolute Gasteiger partial charge is 0.299 e. The number of carbonyl (C=O) groups is 1. The van der Waals surface area contributed by atoms with Crippen molar-refractivity contribution in [3.8, 4) is 0 Å². The van der Waals surface area contributed by atoms with Crippen molar-refractivity contribution in [2.24, 2.45) is 11.8 Å². The van der Waals surface area contributed by atoms with Crippen LogP contribution >= 0.6 is 0 Å². The van der Waals surface area contributed by atoms with Gasteiger partial charge in [0.15, 0.2) is 0 Å². The molecule has 0 heterocycles. The number of rotatable bonds is 2. The van der Waals surface area contributed by atoms with Gasteiger partial charge in [0.25, 0.3) is 0 Å². The quantitative estimate of drug-likeness (QED) is 0.388. The highest BCUT2D eigenvalue weighted by Gasteiger charge is 2.29. The fourth-order valence-corrected chi connectivity index (χ4v) is 0.807. The molecule has 8 heavy (non-hydrogen) atoms. The molecule has 0 aromatic carbocycles. The van der Waals surface area contributed by atoms with Crippen LogP contribution in [0.5, 0.6) is 0 Å². The molecule has 0 radical (unpaired) electrons. The Balaban J connectivity index is 2.21. The van der Waals surface area contributed by atoms with Crippen LogP contribution in [0.3, 0.4) is 0 Å².